The van der Waals surface area contributed by atoms with Crippen LogP contribution in [0.1, 0.15) is 51.7 Å². The number of anilines is 1. The second kappa shape index (κ2) is 9.47. The number of esters is 1. The van der Waals surface area contributed by atoms with E-state index in [0.29, 0.717) is 10.6 Å². The largest absolute Gasteiger partial charge is 0.462 e. The molecule has 1 aromatic carbocycles. The molecule has 0 spiro atoms. The predicted molar refractivity (Wildman–Crippen MR) is 112 cm³/mol. The third kappa shape index (κ3) is 5.08. The minimum Gasteiger partial charge on any atom is -0.462 e. The number of hydrogen-bond acceptors (Lipinski definition) is 6. The molecule has 1 aliphatic carbocycles. The van der Waals surface area contributed by atoms with E-state index in [1.807, 2.05) is 31.2 Å². The van der Waals surface area contributed by atoms with E-state index < -0.39 is 17.8 Å². The van der Waals surface area contributed by atoms with Gasteiger partial charge in [-0.1, -0.05) is 29.8 Å². The summed E-state index contributed by atoms with van der Waals surface area (Å²) in [5.41, 5.74) is 5.41. The van der Waals surface area contributed by atoms with E-state index in [4.69, 9.17) is 4.74 Å². The van der Waals surface area contributed by atoms with E-state index in [-0.39, 0.29) is 6.61 Å². The predicted octanol–water partition coefficient (Wildman–Crippen LogP) is 3.20. The van der Waals surface area contributed by atoms with Crippen LogP contribution in [0.5, 0.6) is 0 Å². The van der Waals surface area contributed by atoms with Gasteiger partial charge in [0.1, 0.15) is 5.00 Å². The van der Waals surface area contributed by atoms with Crippen molar-refractivity contribution in [2.45, 2.75) is 39.5 Å². The molecule has 0 saturated heterocycles. The maximum atomic E-state index is 12.4. The zero-order chi connectivity index (χ0) is 20.8. The second-order valence-corrected chi connectivity index (χ2v) is 7.80. The van der Waals surface area contributed by atoms with Crippen molar-refractivity contribution < 1.29 is 19.1 Å². The summed E-state index contributed by atoms with van der Waals surface area (Å²) in [5.74, 6) is -2.26. The van der Waals surface area contributed by atoms with E-state index in [9.17, 15) is 14.4 Å². The lowest BCUT2D eigenvalue weighted by atomic mass is 9.95. The maximum absolute atomic E-state index is 12.4. The van der Waals surface area contributed by atoms with E-state index >= 15 is 0 Å². The number of carbonyl (C=O) groups excluding carboxylic acids is 3. The quantitative estimate of drug-likeness (QED) is 0.340. The van der Waals surface area contributed by atoms with Gasteiger partial charge in [0, 0.05) is 4.88 Å². The number of nitrogens with zero attached hydrogens (tertiary/aromatic N) is 1. The Balaban J connectivity index is 1.69. The standard InChI is InChI=1S/C21H23N3O4S/c1-3-28-21(27)17-15-6-4-5-7-16(15)29-20(17)23-18(25)19(26)24-22-12-14-10-8-13(2)9-11-14/h8-12H,3-7H2,1-2H3,(H,23,25)(H,24,26)/b22-12+. The minimum atomic E-state index is -0.908. The molecule has 8 heteroatoms. The molecule has 2 N–H and O–H groups in total. The average molecular weight is 413 g/mol. The molecule has 0 fully saturated rings. The fourth-order valence-corrected chi connectivity index (χ4v) is 4.37. The van der Waals surface area contributed by atoms with Crippen LogP contribution in [0.15, 0.2) is 29.4 Å². The van der Waals surface area contributed by atoms with Crippen molar-refractivity contribution in [2.75, 3.05) is 11.9 Å². The van der Waals surface area contributed by atoms with Crippen molar-refractivity contribution in [1.82, 2.24) is 5.43 Å². The van der Waals surface area contributed by atoms with Crippen LogP contribution >= 0.6 is 11.3 Å². The topological polar surface area (TPSA) is 96.9 Å². The molecule has 1 heterocycles. The molecule has 3 rings (SSSR count). The van der Waals surface area contributed by atoms with Crippen LogP contribution < -0.4 is 10.7 Å². The zero-order valence-electron chi connectivity index (χ0n) is 16.4. The van der Waals surface area contributed by atoms with E-state index in [1.165, 1.54) is 17.6 Å². The lowest BCUT2D eigenvalue weighted by molar-refractivity contribution is -0.136. The molecule has 0 saturated carbocycles. The minimum absolute atomic E-state index is 0.241. The van der Waals surface area contributed by atoms with Crippen molar-refractivity contribution in [3.63, 3.8) is 0 Å². The Labute approximate surface area is 173 Å². The van der Waals surface area contributed by atoms with Crippen molar-refractivity contribution >= 4 is 40.3 Å². The number of hydrazone groups is 1. The Morgan fingerprint density at radius 1 is 1.14 bits per heavy atom. The smallest absolute Gasteiger partial charge is 0.341 e. The molecular weight excluding hydrogens is 390 g/mol. The van der Waals surface area contributed by atoms with Gasteiger partial charge in [0.05, 0.1) is 18.4 Å². The van der Waals surface area contributed by atoms with Gasteiger partial charge >= 0.3 is 17.8 Å². The molecule has 1 aliphatic rings. The fourth-order valence-electron chi connectivity index (χ4n) is 3.10. The third-order valence-electron chi connectivity index (χ3n) is 4.54. The van der Waals surface area contributed by atoms with E-state index in [0.717, 1.165) is 47.3 Å². The van der Waals surface area contributed by atoms with Crippen LogP contribution in [-0.2, 0) is 27.2 Å². The molecule has 0 bridgehead atoms. The summed E-state index contributed by atoms with van der Waals surface area (Å²) in [6, 6.07) is 7.55. The molecule has 0 aliphatic heterocycles. The lowest BCUT2D eigenvalue weighted by Gasteiger charge is -2.12. The van der Waals surface area contributed by atoms with Crippen LogP contribution in [-0.4, -0.2) is 30.6 Å². The molecule has 0 unspecified atom stereocenters. The second-order valence-electron chi connectivity index (χ2n) is 6.70. The number of ether oxygens (including phenoxy) is 1. The summed E-state index contributed by atoms with van der Waals surface area (Å²) in [5, 5.41) is 6.73. The zero-order valence-corrected chi connectivity index (χ0v) is 17.2. The Morgan fingerprint density at radius 3 is 2.59 bits per heavy atom. The number of amides is 2. The normalized spacial score (nSPS) is 13.0. The van der Waals surface area contributed by atoms with Gasteiger partial charge in [-0.25, -0.2) is 10.2 Å². The molecule has 0 radical (unpaired) electrons. The van der Waals surface area contributed by atoms with Gasteiger partial charge in [-0.05, 0) is 50.7 Å². The summed E-state index contributed by atoms with van der Waals surface area (Å²) in [4.78, 5) is 37.9. The molecule has 152 valence electrons. The van der Waals surface area contributed by atoms with Crippen LogP contribution in [0.3, 0.4) is 0 Å². The molecule has 1 aromatic heterocycles. The number of thiophene rings is 1. The summed E-state index contributed by atoms with van der Waals surface area (Å²) >= 11 is 1.33. The molecule has 0 atom stereocenters. The van der Waals surface area contributed by atoms with Gasteiger partial charge in [0.2, 0.25) is 0 Å². The van der Waals surface area contributed by atoms with Gasteiger partial charge in [-0.3, -0.25) is 9.59 Å². The summed E-state index contributed by atoms with van der Waals surface area (Å²) in [6.07, 6.45) is 5.10. The van der Waals surface area contributed by atoms with Gasteiger partial charge in [0.25, 0.3) is 0 Å². The van der Waals surface area contributed by atoms with Crippen molar-refractivity contribution in [3.05, 3.63) is 51.4 Å². The highest BCUT2D eigenvalue weighted by atomic mass is 32.1. The number of carbonyl (C=O) groups is 3. The first-order valence-corrected chi connectivity index (χ1v) is 10.3. The highest BCUT2D eigenvalue weighted by Crippen LogP contribution is 2.38. The maximum Gasteiger partial charge on any atom is 0.341 e. The monoisotopic (exact) mass is 413 g/mol. The van der Waals surface area contributed by atoms with Gasteiger partial charge in [-0.15, -0.1) is 11.3 Å². The first-order chi connectivity index (χ1) is 14.0. The van der Waals surface area contributed by atoms with E-state index in [1.54, 1.807) is 6.92 Å². The molecule has 2 amide bonds. The van der Waals surface area contributed by atoms with Crippen molar-refractivity contribution in [2.24, 2.45) is 5.10 Å². The number of nitrogens with one attached hydrogen (secondary N) is 2. The molecule has 2 aromatic rings. The number of hydrogen-bond donors (Lipinski definition) is 2. The highest BCUT2D eigenvalue weighted by Gasteiger charge is 2.28. The van der Waals surface area contributed by atoms with Gasteiger partial charge < -0.3 is 10.1 Å². The number of fused-ring (bicyclic) bond motifs is 1. The Kier molecular flexibility index (Phi) is 6.77. The third-order valence-corrected chi connectivity index (χ3v) is 5.75. The van der Waals surface area contributed by atoms with Crippen LogP contribution in [0, 0.1) is 6.92 Å². The molecule has 29 heavy (non-hydrogen) atoms. The first-order valence-electron chi connectivity index (χ1n) is 9.52. The fraction of sp³-hybridized carbons (Fsp3) is 0.333. The van der Waals surface area contributed by atoms with Gasteiger partial charge in [0.15, 0.2) is 0 Å². The van der Waals surface area contributed by atoms with Gasteiger partial charge in [-0.2, -0.15) is 5.10 Å². The number of rotatable bonds is 5. The lowest BCUT2D eigenvalue weighted by Crippen LogP contribution is -2.32. The van der Waals surface area contributed by atoms with Crippen LogP contribution in [0.4, 0.5) is 5.00 Å². The summed E-state index contributed by atoms with van der Waals surface area (Å²) in [6.45, 7) is 3.94. The Hall–Kier alpha value is -3.00. The van der Waals surface area contributed by atoms with Crippen LogP contribution in [0.25, 0.3) is 0 Å². The molecular formula is C21H23N3O4S. The summed E-state index contributed by atoms with van der Waals surface area (Å²) in [7, 11) is 0. The SMILES string of the molecule is CCOC(=O)c1c(NC(=O)C(=O)N/N=C/c2ccc(C)cc2)sc2c1CCCC2. The Bertz CT molecular complexity index is 948. The molecule has 7 nitrogen and oxygen atoms in total. The highest BCUT2D eigenvalue weighted by molar-refractivity contribution is 7.17. The number of benzene rings is 1. The van der Waals surface area contributed by atoms with E-state index in [2.05, 4.69) is 15.8 Å². The summed E-state index contributed by atoms with van der Waals surface area (Å²) < 4.78 is 5.15. The average Bonchev–Trinajstić information content (AvgIpc) is 3.07. The van der Waals surface area contributed by atoms with Crippen LogP contribution in [0.2, 0.25) is 0 Å². The first kappa shape index (κ1) is 20.7. The number of aryl methyl sites for hydroxylation is 2. The van der Waals surface area contributed by atoms with Crippen molar-refractivity contribution in [3.8, 4) is 0 Å². The Morgan fingerprint density at radius 2 is 1.86 bits per heavy atom. The van der Waals surface area contributed by atoms with Crippen molar-refractivity contribution in [1.29, 1.82) is 0 Å².